The number of alkyl halides is 3. The van der Waals surface area contributed by atoms with Crippen molar-refractivity contribution in [2.45, 2.75) is 37.3 Å². The first-order valence-corrected chi connectivity index (χ1v) is 12.5. The SMILES string of the molecule is C[C@H]1CCc2c(C(=O)N3CCN(S(=O)(=O)c4ccccc4C(F)(F)F)CC3)csc2C1. The van der Waals surface area contributed by atoms with Gasteiger partial charge in [-0.05, 0) is 42.9 Å². The number of sulfonamides is 1. The van der Waals surface area contributed by atoms with Gasteiger partial charge in [0.2, 0.25) is 10.0 Å². The van der Waals surface area contributed by atoms with E-state index >= 15 is 0 Å². The topological polar surface area (TPSA) is 57.7 Å². The van der Waals surface area contributed by atoms with Crippen LogP contribution in [0.5, 0.6) is 0 Å². The quantitative estimate of drug-likeness (QED) is 0.678. The Balaban J connectivity index is 1.49. The molecule has 1 aliphatic heterocycles. The number of hydrogen-bond acceptors (Lipinski definition) is 4. The Hall–Kier alpha value is -1.91. The van der Waals surface area contributed by atoms with Crippen molar-refractivity contribution in [3.8, 4) is 0 Å². The summed E-state index contributed by atoms with van der Waals surface area (Å²) >= 11 is 1.59. The molecule has 5 nitrogen and oxygen atoms in total. The van der Waals surface area contributed by atoms with Crippen LogP contribution in [0.15, 0.2) is 34.5 Å². The van der Waals surface area contributed by atoms with E-state index in [1.807, 2.05) is 5.38 Å². The Morgan fingerprint density at radius 3 is 2.48 bits per heavy atom. The fourth-order valence-electron chi connectivity index (χ4n) is 4.22. The molecule has 1 aliphatic carbocycles. The van der Waals surface area contributed by atoms with Gasteiger partial charge in [-0.15, -0.1) is 11.3 Å². The molecule has 0 bridgehead atoms. The van der Waals surface area contributed by atoms with Crippen LogP contribution < -0.4 is 0 Å². The molecule has 1 saturated heterocycles. The van der Waals surface area contributed by atoms with Gasteiger partial charge in [-0.3, -0.25) is 4.79 Å². The summed E-state index contributed by atoms with van der Waals surface area (Å²) in [5, 5.41) is 1.88. The van der Waals surface area contributed by atoms with E-state index in [-0.39, 0.29) is 32.1 Å². The van der Waals surface area contributed by atoms with Crippen LogP contribution in [0, 0.1) is 5.92 Å². The molecule has 0 N–H and O–H groups in total. The number of amides is 1. The molecule has 31 heavy (non-hydrogen) atoms. The summed E-state index contributed by atoms with van der Waals surface area (Å²) in [5.74, 6) is 0.474. The second kappa shape index (κ2) is 8.22. The number of fused-ring (bicyclic) bond motifs is 1. The van der Waals surface area contributed by atoms with Gasteiger partial charge in [0, 0.05) is 36.4 Å². The van der Waals surface area contributed by atoms with Gasteiger partial charge in [0.05, 0.1) is 16.0 Å². The molecule has 0 saturated carbocycles. The van der Waals surface area contributed by atoms with E-state index in [1.54, 1.807) is 16.2 Å². The van der Waals surface area contributed by atoms with Crippen LogP contribution >= 0.6 is 11.3 Å². The third-order valence-electron chi connectivity index (χ3n) is 5.97. The number of thiophene rings is 1. The van der Waals surface area contributed by atoms with Crippen LogP contribution in [-0.2, 0) is 29.0 Å². The zero-order valence-electron chi connectivity index (χ0n) is 17.0. The normalized spacial score (nSPS) is 20.5. The van der Waals surface area contributed by atoms with Crippen LogP contribution in [0.2, 0.25) is 0 Å². The van der Waals surface area contributed by atoms with Gasteiger partial charge < -0.3 is 4.90 Å². The highest BCUT2D eigenvalue weighted by molar-refractivity contribution is 7.89. The average molecular weight is 473 g/mol. The molecule has 1 aromatic heterocycles. The summed E-state index contributed by atoms with van der Waals surface area (Å²) in [5.41, 5.74) is 0.612. The van der Waals surface area contributed by atoms with Crippen LogP contribution in [-0.4, -0.2) is 49.7 Å². The Morgan fingerprint density at radius 2 is 1.81 bits per heavy atom. The monoisotopic (exact) mass is 472 g/mol. The van der Waals surface area contributed by atoms with Gasteiger partial charge in [-0.25, -0.2) is 8.42 Å². The summed E-state index contributed by atoms with van der Waals surface area (Å²) in [6.45, 7) is 2.41. The average Bonchev–Trinajstić information content (AvgIpc) is 3.15. The Labute approximate surface area is 183 Å². The molecule has 0 spiro atoms. The van der Waals surface area contributed by atoms with Gasteiger partial charge in [0.25, 0.3) is 5.91 Å². The van der Waals surface area contributed by atoms with E-state index in [9.17, 15) is 26.4 Å². The number of carbonyl (C=O) groups is 1. The van der Waals surface area contributed by atoms with Crippen molar-refractivity contribution in [3.63, 3.8) is 0 Å². The standard InChI is InChI=1S/C21H23F3N2O3S2/c1-14-6-7-15-16(13-30-18(15)12-14)20(27)25-8-10-26(11-9-25)31(28,29)19-5-3-2-4-17(19)21(22,23)24/h2-5,13-14H,6-12H2,1H3/t14-/m0/s1. The molecule has 2 aromatic rings. The lowest BCUT2D eigenvalue weighted by Crippen LogP contribution is -2.50. The lowest BCUT2D eigenvalue weighted by atomic mass is 9.88. The molecule has 1 aromatic carbocycles. The van der Waals surface area contributed by atoms with E-state index in [1.165, 1.54) is 17.0 Å². The number of carbonyl (C=O) groups excluding carboxylic acids is 1. The van der Waals surface area contributed by atoms with Crippen LogP contribution in [0.4, 0.5) is 13.2 Å². The van der Waals surface area contributed by atoms with E-state index in [2.05, 4.69) is 6.92 Å². The van der Waals surface area contributed by atoms with E-state index in [0.717, 1.165) is 41.3 Å². The number of nitrogens with zero attached hydrogens (tertiary/aromatic N) is 2. The minimum Gasteiger partial charge on any atom is -0.336 e. The fraction of sp³-hybridized carbons (Fsp3) is 0.476. The lowest BCUT2D eigenvalue weighted by molar-refractivity contribution is -0.139. The molecule has 2 aliphatic rings. The first kappa shape index (κ1) is 22.3. The van der Waals surface area contributed by atoms with Crippen LogP contribution in [0.3, 0.4) is 0 Å². The summed E-state index contributed by atoms with van der Waals surface area (Å²) in [4.78, 5) is 15.1. The van der Waals surface area contributed by atoms with Crippen molar-refractivity contribution >= 4 is 27.3 Å². The molecule has 1 atom stereocenters. The highest BCUT2D eigenvalue weighted by Gasteiger charge is 2.40. The second-order valence-corrected chi connectivity index (χ2v) is 11.0. The summed E-state index contributed by atoms with van der Waals surface area (Å²) in [7, 11) is -4.32. The molecule has 2 heterocycles. The molecule has 1 amide bonds. The number of benzene rings is 1. The fourth-order valence-corrected chi connectivity index (χ4v) is 7.10. The molecule has 0 unspecified atom stereocenters. The summed E-state index contributed by atoms with van der Waals surface area (Å²) < 4.78 is 66.7. The van der Waals surface area contributed by atoms with Crippen LogP contribution in [0.1, 0.15) is 39.7 Å². The second-order valence-electron chi connectivity index (χ2n) is 8.09. The third kappa shape index (κ3) is 4.25. The van der Waals surface area contributed by atoms with Gasteiger partial charge in [-0.1, -0.05) is 19.1 Å². The largest absolute Gasteiger partial charge is 0.417 e. The molecular formula is C21H23F3N2O3S2. The lowest BCUT2D eigenvalue weighted by Gasteiger charge is -2.34. The van der Waals surface area contributed by atoms with Crippen molar-refractivity contribution in [3.05, 3.63) is 51.2 Å². The minimum atomic E-state index is -4.77. The highest BCUT2D eigenvalue weighted by Crippen LogP contribution is 2.36. The third-order valence-corrected chi connectivity index (χ3v) is 8.98. The van der Waals surface area contributed by atoms with Crippen molar-refractivity contribution in [2.24, 2.45) is 5.92 Å². The molecule has 4 rings (SSSR count). The van der Waals surface area contributed by atoms with Crippen molar-refractivity contribution in [2.75, 3.05) is 26.2 Å². The maximum absolute atomic E-state index is 13.3. The van der Waals surface area contributed by atoms with Gasteiger partial charge >= 0.3 is 6.18 Å². The van der Waals surface area contributed by atoms with Crippen LogP contribution in [0.25, 0.3) is 0 Å². The maximum Gasteiger partial charge on any atom is 0.417 e. The predicted octanol–water partition coefficient (Wildman–Crippen LogP) is 4.04. The smallest absolute Gasteiger partial charge is 0.336 e. The molecular weight excluding hydrogens is 449 g/mol. The van der Waals surface area contributed by atoms with Crippen molar-refractivity contribution < 1.29 is 26.4 Å². The molecule has 10 heteroatoms. The Kier molecular flexibility index (Phi) is 5.91. The first-order chi connectivity index (χ1) is 14.6. The first-order valence-electron chi connectivity index (χ1n) is 10.1. The molecule has 0 radical (unpaired) electrons. The highest BCUT2D eigenvalue weighted by atomic mass is 32.2. The van der Waals surface area contributed by atoms with Gasteiger partial charge in [-0.2, -0.15) is 17.5 Å². The van der Waals surface area contributed by atoms with E-state index < -0.39 is 26.7 Å². The summed E-state index contributed by atoms with van der Waals surface area (Å²) in [6, 6.07) is 4.20. The van der Waals surface area contributed by atoms with Crippen molar-refractivity contribution in [1.29, 1.82) is 0 Å². The Bertz CT molecular complexity index is 1090. The zero-order chi connectivity index (χ0) is 22.4. The maximum atomic E-state index is 13.3. The van der Waals surface area contributed by atoms with E-state index in [4.69, 9.17) is 0 Å². The summed E-state index contributed by atoms with van der Waals surface area (Å²) in [6.07, 6.45) is -1.90. The van der Waals surface area contributed by atoms with Crippen molar-refractivity contribution in [1.82, 2.24) is 9.21 Å². The molecule has 168 valence electrons. The number of rotatable bonds is 3. The number of piperazine rings is 1. The molecule has 1 fully saturated rings. The minimum absolute atomic E-state index is 0.0381. The predicted molar refractivity (Wildman–Crippen MR) is 112 cm³/mol. The number of hydrogen-bond donors (Lipinski definition) is 0. The van der Waals surface area contributed by atoms with Gasteiger partial charge in [0.1, 0.15) is 0 Å². The number of halogens is 3. The zero-order valence-corrected chi connectivity index (χ0v) is 18.6. The Morgan fingerprint density at radius 1 is 1.13 bits per heavy atom. The van der Waals surface area contributed by atoms with E-state index in [0.29, 0.717) is 11.5 Å². The van der Waals surface area contributed by atoms with Gasteiger partial charge in [0.15, 0.2) is 0 Å².